The van der Waals surface area contributed by atoms with E-state index in [9.17, 15) is 4.79 Å². The molecule has 0 heterocycles. The summed E-state index contributed by atoms with van der Waals surface area (Å²) in [5.74, 6) is -1.02. The molecule has 0 bridgehead atoms. The van der Waals surface area contributed by atoms with Crippen LogP contribution in [0.25, 0.3) is 0 Å². The Balaban J connectivity index is 3.75. The van der Waals surface area contributed by atoms with Gasteiger partial charge in [-0.15, -0.1) is 0 Å². The van der Waals surface area contributed by atoms with Gasteiger partial charge in [0.15, 0.2) is 6.29 Å². The number of aliphatic hydroxyl groups excluding tert-OH is 1. The van der Waals surface area contributed by atoms with Crippen molar-refractivity contribution < 1.29 is 20.1 Å². The van der Waals surface area contributed by atoms with Crippen molar-refractivity contribution in [3.63, 3.8) is 0 Å². The maximum absolute atomic E-state index is 10.2. The lowest BCUT2D eigenvalue weighted by atomic mass is 10.2. The SMILES string of the molecule is C[C@H](N[C@@H](C)C(O)O)C(=O)O. The molecule has 0 fully saturated rings. The predicted molar refractivity (Wildman–Crippen MR) is 37.9 cm³/mol. The first kappa shape index (κ1) is 10.3. The lowest BCUT2D eigenvalue weighted by molar-refractivity contribution is -0.140. The van der Waals surface area contributed by atoms with Crippen LogP contribution in [-0.2, 0) is 4.79 Å². The zero-order valence-corrected chi connectivity index (χ0v) is 6.48. The second kappa shape index (κ2) is 4.27. The zero-order valence-electron chi connectivity index (χ0n) is 6.48. The highest BCUT2D eigenvalue weighted by atomic mass is 16.5. The van der Waals surface area contributed by atoms with Crippen LogP contribution < -0.4 is 5.32 Å². The summed E-state index contributed by atoms with van der Waals surface area (Å²) in [7, 11) is 0. The third-order valence-electron chi connectivity index (χ3n) is 1.33. The van der Waals surface area contributed by atoms with E-state index in [1.807, 2.05) is 0 Å². The van der Waals surface area contributed by atoms with Gasteiger partial charge in [0, 0.05) is 0 Å². The van der Waals surface area contributed by atoms with Gasteiger partial charge >= 0.3 is 5.97 Å². The van der Waals surface area contributed by atoms with Gasteiger partial charge in [-0.3, -0.25) is 10.1 Å². The minimum absolute atomic E-state index is 0.638. The maximum Gasteiger partial charge on any atom is 0.320 e. The molecular weight excluding hydrogens is 150 g/mol. The summed E-state index contributed by atoms with van der Waals surface area (Å²) >= 11 is 0. The summed E-state index contributed by atoms with van der Waals surface area (Å²) in [6, 6.07) is -1.41. The first-order chi connectivity index (χ1) is 4.95. The third-order valence-corrected chi connectivity index (χ3v) is 1.33. The molecule has 0 aliphatic carbocycles. The van der Waals surface area contributed by atoms with E-state index in [0.717, 1.165) is 0 Å². The first-order valence-electron chi connectivity index (χ1n) is 3.30. The van der Waals surface area contributed by atoms with Crippen LogP contribution in [0.1, 0.15) is 13.8 Å². The minimum atomic E-state index is -1.53. The molecule has 0 unspecified atom stereocenters. The lowest BCUT2D eigenvalue weighted by Crippen LogP contribution is -2.45. The van der Waals surface area contributed by atoms with E-state index >= 15 is 0 Å². The summed E-state index contributed by atoms with van der Waals surface area (Å²) < 4.78 is 0. The van der Waals surface area contributed by atoms with Crippen LogP contribution in [0, 0.1) is 0 Å². The van der Waals surface area contributed by atoms with Crippen molar-refractivity contribution in [2.45, 2.75) is 32.2 Å². The highest BCUT2D eigenvalue weighted by Gasteiger charge is 2.17. The summed E-state index contributed by atoms with van der Waals surface area (Å²) in [6.45, 7) is 2.92. The van der Waals surface area contributed by atoms with Crippen molar-refractivity contribution in [1.82, 2.24) is 5.32 Å². The van der Waals surface area contributed by atoms with Crippen LogP contribution in [0.2, 0.25) is 0 Å². The van der Waals surface area contributed by atoms with Crippen molar-refractivity contribution in [1.29, 1.82) is 0 Å². The number of carbonyl (C=O) groups is 1. The molecule has 5 nitrogen and oxygen atoms in total. The Morgan fingerprint density at radius 1 is 1.36 bits per heavy atom. The van der Waals surface area contributed by atoms with Gasteiger partial charge in [0.25, 0.3) is 0 Å². The maximum atomic E-state index is 10.2. The molecular formula is C6H13NO4. The molecule has 2 atom stereocenters. The van der Waals surface area contributed by atoms with Crippen LogP contribution in [0.3, 0.4) is 0 Å². The van der Waals surface area contributed by atoms with Crippen molar-refractivity contribution in [3.05, 3.63) is 0 Å². The smallest absolute Gasteiger partial charge is 0.320 e. The highest BCUT2D eigenvalue weighted by Crippen LogP contribution is 1.90. The minimum Gasteiger partial charge on any atom is -0.480 e. The summed E-state index contributed by atoms with van der Waals surface area (Å²) in [5, 5.41) is 28.0. The fourth-order valence-electron chi connectivity index (χ4n) is 0.552. The highest BCUT2D eigenvalue weighted by molar-refractivity contribution is 5.72. The van der Waals surface area contributed by atoms with Crippen LogP contribution >= 0.6 is 0 Å². The largest absolute Gasteiger partial charge is 0.480 e. The van der Waals surface area contributed by atoms with E-state index in [2.05, 4.69) is 5.32 Å². The van der Waals surface area contributed by atoms with Crippen LogP contribution in [0.15, 0.2) is 0 Å². The van der Waals surface area contributed by atoms with Gasteiger partial charge in [-0.25, -0.2) is 0 Å². The number of aliphatic carboxylic acids is 1. The molecule has 5 heteroatoms. The van der Waals surface area contributed by atoms with E-state index in [1.165, 1.54) is 13.8 Å². The molecule has 0 saturated heterocycles. The van der Waals surface area contributed by atoms with Gasteiger partial charge in [0.1, 0.15) is 6.04 Å². The number of carboxylic acids is 1. The first-order valence-corrected chi connectivity index (χ1v) is 3.30. The third kappa shape index (κ3) is 3.92. The van der Waals surface area contributed by atoms with Crippen LogP contribution in [0.5, 0.6) is 0 Å². The van der Waals surface area contributed by atoms with Gasteiger partial charge in [0.05, 0.1) is 6.04 Å². The van der Waals surface area contributed by atoms with E-state index < -0.39 is 24.3 Å². The molecule has 0 aromatic rings. The van der Waals surface area contributed by atoms with E-state index in [0.29, 0.717) is 0 Å². The number of rotatable bonds is 4. The van der Waals surface area contributed by atoms with Gasteiger partial charge in [-0.1, -0.05) is 0 Å². The Hall–Kier alpha value is -0.650. The number of hydrogen-bond donors (Lipinski definition) is 4. The summed E-state index contributed by atoms with van der Waals surface area (Å²) in [6.07, 6.45) is -1.53. The molecule has 0 amide bonds. The fourth-order valence-corrected chi connectivity index (χ4v) is 0.552. The van der Waals surface area contributed by atoms with Gasteiger partial charge < -0.3 is 15.3 Å². The Labute approximate surface area is 64.7 Å². The second-order valence-electron chi connectivity index (χ2n) is 2.43. The Bertz CT molecular complexity index is 137. The summed E-state index contributed by atoms with van der Waals surface area (Å²) in [5.41, 5.74) is 0. The van der Waals surface area contributed by atoms with Gasteiger partial charge in [-0.05, 0) is 13.8 Å². The summed E-state index contributed by atoms with van der Waals surface area (Å²) in [4.78, 5) is 10.2. The monoisotopic (exact) mass is 163 g/mol. The van der Waals surface area contributed by atoms with E-state index in [4.69, 9.17) is 15.3 Å². The fraction of sp³-hybridized carbons (Fsp3) is 0.833. The zero-order chi connectivity index (χ0) is 9.02. The molecule has 4 N–H and O–H groups in total. The average Bonchev–Trinajstić information content (AvgIpc) is 1.87. The number of hydrogen-bond acceptors (Lipinski definition) is 4. The topological polar surface area (TPSA) is 89.8 Å². The van der Waals surface area contributed by atoms with Crippen LogP contribution in [-0.4, -0.2) is 39.7 Å². The number of carboxylic acid groups (broad SMARTS) is 1. The second-order valence-corrected chi connectivity index (χ2v) is 2.43. The number of nitrogens with one attached hydrogen (secondary N) is 1. The molecule has 0 rings (SSSR count). The van der Waals surface area contributed by atoms with Gasteiger partial charge in [0.2, 0.25) is 0 Å². The van der Waals surface area contributed by atoms with Crippen molar-refractivity contribution in [3.8, 4) is 0 Å². The Morgan fingerprint density at radius 2 is 1.82 bits per heavy atom. The molecule has 66 valence electrons. The molecule has 0 aromatic heterocycles. The predicted octanol–water partition coefficient (Wildman–Crippen LogP) is -1.25. The van der Waals surface area contributed by atoms with Crippen molar-refractivity contribution in [2.75, 3.05) is 0 Å². The Morgan fingerprint density at radius 3 is 2.09 bits per heavy atom. The lowest BCUT2D eigenvalue weighted by Gasteiger charge is -2.17. The van der Waals surface area contributed by atoms with E-state index in [1.54, 1.807) is 0 Å². The van der Waals surface area contributed by atoms with Crippen LogP contribution in [0.4, 0.5) is 0 Å². The van der Waals surface area contributed by atoms with Crippen molar-refractivity contribution >= 4 is 5.97 Å². The Kier molecular flexibility index (Phi) is 4.02. The van der Waals surface area contributed by atoms with E-state index in [-0.39, 0.29) is 0 Å². The number of aliphatic hydroxyl groups is 2. The standard InChI is InChI=1S/C6H13NO4/c1-3(5(8)9)7-4(2)6(10)11/h3-5,7-9H,1-2H3,(H,10,11)/t3-,4-/m0/s1. The molecule has 0 aromatic carbocycles. The van der Waals surface area contributed by atoms with Crippen molar-refractivity contribution in [2.24, 2.45) is 0 Å². The van der Waals surface area contributed by atoms with Gasteiger partial charge in [-0.2, -0.15) is 0 Å². The molecule has 0 spiro atoms. The molecule has 0 aliphatic rings. The quantitative estimate of drug-likeness (QED) is 0.389. The molecule has 0 aliphatic heterocycles. The molecule has 0 saturated carbocycles. The molecule has 11 heavy (non-hydrogen) atoms. The normalized spacial score (nSPS) is 16.5. The average molecular weight is 163 g/mol. The molecule has 0 radical (unpaired) electrons.